The molecule has 0 atom stereocenters. The van der Waals surface area contributed by atoms with Gasteiger partial charge in [0.25, 0.3) is 0 Å². The predicted molar refractivity (Wildman–Crippen MR) is 55.9 cm³/mol. The zero-order chi connectivity index (χ0) is 12.0. The van der Waals surface area contributed by atoms with Crippen molar-refractivity contribution >= 4 is 9.84 Å². The summed E-state index contributed by atoms with van der Waals surface area (Å²) in [7, 11) is -3.65. The van der Waals surface area contributed by atoms with Gasteiger partial charge in [0.05, 0.1) is 11.0 Å². The molecule has 0 bridgehead atoms. The summed E-state index contributed by atoms with van der Waals surface area (Å²) < 4.78 is 35.9. The molecule has 0 heterocycles. The smallest absolute Gasteiger partial charge is 0.197 e. The van der Waals surface area contributed by atoms with Crippen LogP contribution in [0.5, 0.6) is 0 Å². The molecule has 1 aliphatic carbocycles. The number of hydrogen-bond donors (Lipinski definition) is 0. The van der Waals surface area contributed by atoms with Crippen LogP contribution in [0.4, 0.5) is 4.39 Å². The van der Waals surface area contributed by atoms with Gasteiger partial charge in [0.1, 0.15) is 5.82 Å². The Kier molecular flexibility index (Phi) is 2.28. The third kappa shape index (κ3) is 1.41. The molecule has 2 rings (SSSR count). The van der Waals surface area contributed by atoms with E-state index in [4.69, 9.17) is 5.26 Å². The van der Waals surface area contributed by atoms with E-state index < -0.39 is 20.4 Å². The summed E-state index contributed by atoms with van der Waals surface area (Å²) in [5.74, 6) is -0.474. The molecular formula is C11H10FNO2S. The van der Waals surface area contributed by atoms with Crippen molar-refractivity contribution in [3.8, 4) is 6.07 Å². The van der Waals surface area contributed by atoms with Crippen LogP contribution in [0, 0.1) is 24.1 Å². The molecule has 0 aliphatic heterocycles. The Morgan fingerprint density at radius 3 is 2.50 bits per heavy atom. The lowest BCUT2D eigenvalue weighted by Gasteiger charge is -2.10. The van der Waals surface area contributed by atoms with Crippen molar-refractivity contribution in [2.45, 2.75) is 29.4 Å². The summed E-state index contributed by atoms with van der Waals surface area (Å²) >= 11 is 0. The molecule has 16 heavy (non-hydrogen) atoms. The van der Waals surface area contributed by atoms with Crippen LogP contribution in [-0.2, 0) is 9.84 Å². The highest BCUT2D eigenvalue weighted by molar-refractivity contribution is 7.93. The molecule has 1 aromatic rings. The molecule has 0 radical (unpaired) electrons. The highest BCUT2D eigenvalue weighted by atomic mass is 32.2. The van der Waals surface area contributed by atoms with Crippen LogP contribution in [0.25, 0.3) is 0 Å². The maximum atomic E-state index is 12.9. The van der Waals surface area contributed by atoms with Crippen LogP contribution in [0.3, 0.4) is 0 Å². The van der Waals surface area contributed by atoms with E-state index in [1.54, 1.807) is 0 Å². The standard InChI is InChI=1S/C11H10FNO2S/c1-8-6-9(12)2-3-10(8)16(14,15)11(7-13)4-5-11/h2-3,6H,4-5H2,1H3. The molecule has 84 valence electrons. The van der Waals surface area contributed by atoms with Gasteiger partial charge in [0.15, 0.2) is 14.6 Å². The fraction of sp³-hybridized carbons (Fsp3) is 0.364. The first-order valence-electron chi connectivity index (χ1n) is 4.85. The van der Waals surface area contributed by atoms with Crippen molar-refractivity contribution in [2.75, 3.05) is 0 Å². The SMILES string of the molecule is Cc1cc(F)ccc1S(=O)(=O)C1(C#N)CC1. The minimum absolute atomic E-state index is 0.0629. The largest absolute Gasteiger partial charge is 0.222 e. The Labute approximate surface area is 93.4 Å². The number of sulfone groups is 1. The van der Waals surface area contributed by atoms with E-state index >= 15 is 0 Å². The molecule has 1 aromatic carbocycles. The number of nitrogens with zero attached hydrogens (tertiary/aromatic N) is 1. The minimum atomic E-state index is -3.65. The maximum Gasteiger partial charge on any atom is 0.197 e. The lowest BCUT2D eigenvalue weighted by Crippen LogP contribution is -2.22. The lowest BCUT2D eigenvalue weighted by molar-refractivity contribution is 0.586. The average molecular weight is 239 g/mol. The minimum Gasteiger partial charge on any atom is -0.222 e. The van der Waals surface area contributed by atoms with Gasteiger partial charge >= 0.3 is 0 Å². The lowest BCUT2D eigenvalue weighted by atomic mass is 10.2. The fourth-order valence-corrected chi connectivity index (χ4v) is 3.59. The number of benzene rings is 1. The Hall–Kier alpha value is -1.41. The van der Waals surface area contributed by atoms with Gasteiger partial charge in [0, 0.05) is 0 Å². The van der Waals surface area contributed by atoms with Crippen LogP contribution in [0.1, 0.15) is 18.4 Å². The van der Waals surface area contributed by atoms with E-state index in [1.807, 2.05) is 6.07 Å². The van der Waals surface area contributed by atoms with Crippen LogP contribution < -0.4 is 0 Å². The highest BCUT2D eigenvalue weighted by Crippen LogP contribution is 2.46. The Morgan fingerprint density at radius 1 is 1.44 bits per heavy atom. The first-order chi connectivity index (χ1) is 7.43. The summed E-state index contributed by atoms with van der Waals surface area (Å²) in [4.78, 5) is 0.0629. The number of hydrogen-bond acceptors (Lipinski definition) is 3. The first-order valence-corrected chi connectivity index (χ1v) is 6.33. The van der Waals surface area contributed by atoms with Crippen molar-refractivity contribution in [1.82, 2.24) is 0 Å². The molecule has 0 unspecified atom stereocenters. The Balaban J connectivity index is 2.58. The Morgan fingerprint density at radius 2 is 2.06 bits per heavy atom. The molecule has 1 aliphatic rings. The van der Waals surface area contributed by atoms with Gasteiger partial charge in [-0.25, -0.2) is 12.8 Å². The molecule has 3 nitrogen and oxygen atoms in total. The van der Waals surface area contributed by atoms with E-state index in [-0.39, 0.29) is 4.90 Å². The van der Waals surface area contributed by atoms with Crippen LogP contribution >= 0.6 is 0 Å². The quantitative estimate of drug-likeness (QED) is 0.741. The predicted octanol–water partition coefficient (Wildman–Crippen LogP) is 1.96. The number of rotatable bonds is 2. The van der Waals surface area contributed by atoms with E-state index in [1.165, 1.54) is 19.1 Å². The summed E-state index contributed by atoms with van der Waals surface area (Å²) in [5.41, 5.74) is 0.349. The van der Waals surface area contributed by atoms with E-state index in [9.17, 15) is 12.8 Å². The summed E-state index contributed by atoms with van der Waals surface area (Å²) in [6.45, 7) is 1.53. The number of halogens is 1. The van der Waals surface area contributed by atoms with Crippen molar-refractivity contribution in [1.29, 1.82) is 5.26 Å². The summed E-state index contributed by atoms with van der Waals surface area (Å²) in [5, 5.41) is 8.90. The van der Waals surface area contributed by atoms with Crippen molar-refractivity contribution in [3.05, 3.63) is 29.6 Å². The van der Waals surface area contributed by atoms with Gasteiger partial charge in [-0.1, -0.05) is 0 Å². The topological polar surface area (TPSA) is 57.9 Å². The van der Waals surface area contributed by atoms with Crippen molar-refractivity contribution < 1.29 is 12.8 Å². The zero-order valence-corrected chi connectivity index (χ0v) is 9.51. The third-order valence-corrected chi connectivity index (χ3v) is 5.41. The van der Waals surface area contributed by atoms with Gasteiger partial charge in [-0.3, -0.25) is 0 Å². The van der Waals surface area contributed by atoms with E-state index in [0.29, 0.717) is 18.4 Å². The third-order valence-electron chi connectivity index (χ3n) is 2.85. The molecule has 0 aromatic heterocycles. The van der Waals surface area contributed by atoms with Crippen LogP contribution in [0.15, 0.2) is 23.1 Å². The molecule has 0 N–H and O–H groups in total. The van der Waals surface area contributed by atoms with Crippen molar-refractivity contribution in [2.24, 2.45) is 0 Å². The van der Waals surface area contributed by atoms with Gasteiger partial charge in [-0.15, -0.1) is 0 Å². The molecule has 1 saturated carbocycles. The normalized spacial score (nSPS) is 17.8. The molecule has 0 saturated heterocycles. The monoisotopic (exact) mass is 239 g/mol. The van der Waals surface area contributed by atoms with Crippen molar-refractivity contribution in [3.63, 3.8) is 0 Å². The second-order valence-corrected chi connectivity index (χ2v) is 6.25. The van der Waals surface area contributed by atoms with Gasteiger partial charge in [-0.2, -0.15) is 5.26 Å². The van der Waals surface area contributed by atoms with E-state index in [0.717, 1.165) is 6.07 Å². The zero-order valence-electron chi connectivity index (χ0n) is 8.70. The number of nitriles is 1. The highest BCUT2D eigenvalue weighted by Gasteiger charge is 2.56. The second-order valence-electron chi connectivity index (χ2n) is 4.02. The van der Waals surface area contributed by atoms with Gasteiger partial charge in [-0.05, 0) is 43.5 Å². The fourth-order valence-electron chi connectivity index (χ4n) is 1.68. The van der Waals surface area contributed by atoms with Crippen LogP contribution in [0.2, 0.25) is 0 Å². The van der Waals surface area contributed by atoms with Gasteiger partial charge in [0.2, 0.25) is 0 Å². The Bertz CT molecular complexity index is 582. The van der Waals surface area contributed by atoms with Gasteiger partial charge < -0.3 is 0 Å². The summed E-state index contributed by atoms with van der Waals surface area (Å²) in [6.07, 6.45) is 0.727. The molecular weight excluding hydrogens is 229 g/mol. The molecule has 1 fully saturated rings. The molecule has 0 amide bonds. The molecule has 0 spiro atoms. The van der Waals surface area contributed by atoms with E-state index in [2.05, 4.69) is 0 Å². The average Bonchev–Trinajstić information content (AvgIpc) is 2.97. The molecule has 5 heteroatoms. The van der Waals surface area contributed by atoms with Crippen LogP contribution in [-0.4, -0.2) is 13.2 Å². The summed E-state index contributed by atoms with van der Waals surface area (Å²) in [6, 6.07) is 5.36. The second kappa shape index (κ2) is 3.29. The number of aryl methyl sites for hydroxylation is 1. The first kappa shape index (κ1) is 11.1. The maximum absolute atomic E-state index is 12.9.